The van der Waals surface area contributed by atoms with Crippen LogP contribution in [0, 0.1) is 0 Å². The molecule has 156 valence electrons. The largest absolute Gasteiger partial charge is 0.448 e. The lowest BCUT2D eigenvalue weighted by Crippen LogP contribution is -2.30. The Balaban J connectivity index is 0.000000687. The van der Waals surface area contributed by atoms with Gasteiger partial charge < -0.3 is 15.8 Å². The van der Waals surface area contributed by atoms with Crippen molar-refractivity contribution in [2.45, 2.75) is 17.3 Å². The van der Waals surface area contributed by atoms with Crippen molar-refractivity contribution in [2.24, 2.45) is 4.99 Å². The number of nitrogens with zero attached hydrogens (tertiary/aromatic N) is 2. The van der Waals surface area contributed by atoms with Gasteiger partial charge in [0.2, 0.25) is 0 Å². The topological polar surface area (TPSA) is 102 Å². The summed E-state index contributed by atoms with van der Waals surface area (Å²) in [5, 5.41) is 5.87. The molecule has 2 aromatic rings. The molecule has 29 heavy (non-hydrogen) atoms. The van der Waals surface area contributed by atoms with Gasteiger partial charge >= 0.3 is 6.09 Å². The van der Waals surface area contributed by atoms with Gasteiger partial charge in [0.25, 0.3) is 0 Å². The first-order valence-electron chi connectivity index (χ1n) is 8.44. The maximum Gasteiger partial charge on any atom is 0.412 e. The fourth-order valence-corrected chi connectivity index (χ4v) is 2.64. The Hall–Kier alpha value is -1.93. The number of aliphatic imine (C=N–C) groups is 1. The molecule has 0 saturated carbocycles. The minimum Gasteiger partial charge on any atom is -0.448 e. The molecule has 4 N–H and O–H groups in total. The van der Waals surface area contributed by atoms with Crippen molar-refractivity contribution in [3.05, 3.63) is 42.0 Å². The third kappa shape index (κ3) is 7.12. The van der Waals surface area contributed by atoms with Crippen molar-refractivity contribution >= 4 is 81.2 Å². The van der Waals surface area contributed by atoms with Crippen molar-refractivity contribution in [3.63, 3.8) is 0 Å². The minimum atomic E-state index is -0.750. The van der Waals surface area contributed by atoms with Crippen molar-refractivity contribution in [1.29, 1.82) is 0 Å². The Labute approximate surface area is 188 Å². The predicted octanol–water partition coefficient (Wildman–Crippen LogP) is 5.37. The van der Waals surface area contributed by atoms with Crippen molar-refractivity contribution in [1.82, 2.24) is 4.98 Å². The lowest BCUT2D eigenvalue weighted by atomic mass is 10.0. The second kappa shape index (κ2) is 11.3. The van der Waals surface area contributed by atoms with Gasteiger partial charge in [-0.3, -0.25) is 5.32 Å². The van der Waals surface area contributed by atoms with E-state index in [1.54, 1.807) is 6.07 Å². The minimum absolute atomic E-state index is 0.0206. The fraction of sp³-hybridized carbons (Fsp3) is 0.278. The van der Waals surface area contributed by atoms with Crippen LogP contribution in [0.5, 0.6) is 0 Å². The van der Waals surface area contributed by atoms with Crippen LogP contribution < -0.4 is 16.4 Å². The average molecular weight is 479 g/mol. The van der Waals surface area contributed by atoms with E-state index in [1.807, 2.05) is 37.3 Å². The maximum absolute atomic E-state index is 11.6. The number of nitrogen functional groups attached to an aromatic ring is 1. The van der Waals surface area contributed by atoms with Crippen LogP contribution in [0.15, 0.2) is 41.4 Å². The number of alkyl halides is 4. The van der Waals surface area contributed by atoms with Crippen LogP contribution in [0.3, 0.4) is 0 Å². The number of pyridine rings is 1. The molecule has 0 saturated heterocycles. The second-order valence-electron chi connectivity index (χ2n) is 5.72. The quantitative estimate of drug-likeness (QED) is 0.512. The zero-order valence-electron chi connectivity index (χ0n) is 15.3. The standard InChI is InChI=1S/C17H18ClN5O2.CHCl3/c1-10-14(11-5-3-2-4-6-11)23-15-12(20-10)9-13(21-16(15)19)22-17(24)25-8-7-18;2-1(3)4/h2-6,9-10,20H,7-8H2,1H3,(H3,19,21,22,24);1H/t10-;/m0./s1. The number of nitrogens with two attached hydrogens (primary N) is 1. The van der Waals surface area contributed by atoms with Crippen LogP contribution in [-0.2, 0) is 4.74 Å². The van der Waals surface area contributed by atoms with Crippen LogP contribution in [-0.4, -0.2) is 39.6 Å². The highest BCUT2D eigenvalue weighted by Gasteiger charge is 2.23. The van der Waals surface area contributed by atoms with E-state index in [0.717, 1.165) is 11.3 Å². The molecule has 0 unspecified atom stereocenters. The van der Waals surface area contributed by atoms with Crippen molar-refractivity contribution < 1.29 is 9.53 Å². The number of ether oxygens (including phenoxy) is 1. The van der Waals surface area contributed by atoms with Crippen molar-refractivity contribution in [3.8, 4) is 0 Å². The first-order valence-corrected chi connectivity index (χ1v) is 10.3. The van der Waals surface area contributed by atoms with Crippen molar-refractivity contribution in [2.75, 3.05) is 28.9 Å². The first kappa shape index (κ1) is 23.3. The van der Waals surface area contributed by atoms with Gasteiger partial charge in [0.15, 0.2) is 10.1 Å². The van der Waals surface area contributed by atoms with E-state index in [2.05, 4.69) is 20.6 Å². The molecule has 0 spiro atoms. The van der Waals surface area contributed by atoms with Crippen LogP contribution in [0.2, 0.25) is 0 Å². The molecule has 11 heteroatoms. The van der Waals surface area contributed by atoms with Crippen LogP contribution in [0.4, 0.5) is 27.8 Å². The Morgan fingerprint density at radius 2 is 1.97 bits per heavy atom. The number of carbonyl (C=O) groups is 1. The molecule has 1 aromatic carbocycles. The monoisotopic (exact) mass is 477 g/mol. The summed E-state index contributed by atoms with van der Waals surface area (Å²) in [5.74, 6) is 0.732. The van der Waals surface area contributed by atoms with Gasteiger partial charge in [-0.2, -0.15) is 0 Å². The molecule has 1 amide bonds. The molecule has 1 atom stereocenters. The lowest BCUT2D eigenvalue weighted by molar-refractivity contribution is 0.168. The molecule has 0 bridgehead atoms. The number of rotatable bonds is 4. The zero-order chi connectivity index (χ0) is 21.4. The summed E-state index contributed by atoms with van der Waals surface area (Å²) in [5.41, 5.74) is 9.18. The number of benzene rings is 1. The number of fused-ring (bicyclic) bond motifs is 1. The SMILES string of the molecule is C[C@@H]1Nc2cc(NC(=O)OCCCl)nc(N)c2N=C1c1ccccc1.ClC(Cl)Cl. The van der Waals surface area contributed by atoms with E-state index in [1.165, 1.54) is 0 Å². The Kier molecular flexibility index (Phi) is 9.10. The third-order valence-electron chi connectivity index (χ3n) is 3.64. The van der Waals surface area contributed by atoms with Gasteiger partial charge in [0.05, 0.1) is 23.3 Å². The number of carbonyl (C=O) groups excluding carboxylic acids is 1. The van der Waals surface area contributed by atoms with E-state index in [4.69, 9.17) is 56.9 Å². The normalized spacial score (nSPS) is 14.7. The molecule has 1 aliphatic rings. The summed E-state index contributed by atoms with van der Waals surface area (Å²) in [6.45, 7) is 2.13. The van der Waals surface area contributed by atoms with Gasteiger partial charge in [-0.15, -0.1) is 11.6 Å². The molecule has 0 radical (unpaired) electrons. The number of hydrogen-bond acceptors (Lipinski definition) is 6. The number of hydrogen-bond donors (Lipinski definition) is 3. The first-order chi connectivity index (χ1) is 13.8. The summed E-state index contributed by atoms with van der Waals surface area (Å²) in [7, 11) is 0. The molecular formula is C18H19Cl4N5O2. The smallest absolute Gasteiger partial charge is 0.412 e. The molecule has 1 aromatic heterocycles. The fourth-order valence-electron chi connectivity index (χ4n) is 2.56. The molecular weight excluding hydrogens is 460 g/mol. The number of amides is 1. The molecule has 1 aliphatic heterocycles. The summed E-state index contributed by atoms with van der Waals surface area (Å²) in [4.78, 5) is 20.5. The highest BCUT2D eigenvalue weighted by molar-refractivity contribution is 6.63. The van der Waals surface area contributed by atoms with Gasteiger partial charge in [-0.25, -0.2) is 14.8 Å². The van der Waals surface area contributed by atoms with Gasteiger partial charge in [0, 0.05) is 6.07 Å². The summed E-state index contributed by atoms with van der Waals surface area (Å²) in [6, 6.07) is 11.5. The van der Waals surface area contributed by atoms with E-state index in [9.17, 15) is 4.79 Å². The average Bonchev–Trinajstić information content (AvgIpc) is 2.66. The number of nitrogens with one attached hydrogen (secondary N) is 2. The summed E-state index contributed by atoms with van der Waals surface area (Å²) < 4.78 is 4.11. The summed E-state index contributed by atoms with van der Waals surface area (Å²) >= 11 is 19.9. The summed E-state index contributed by atoms with van der Waals surface area (Å²) in [6.07, 6.45) is -0.634. The van der Waals surface area contributed by atoms with E-state index in [0.29, 0.717) is 11.4 Å². The van der Waals surface area contributed by atoms with E-state index < -0.39 is 10.4 Å². The van der Waals surface area contributed by atoms with Gasteiger partial charge in [0.1, 0.15) is 18.1 Å². The zero-order valence-corrected chi connectivity index (χ0v) is 18.4. The molecule has 0 fully saturated rings. The van der Waals surface area contributed by atoms with Crippen LogP contribution in [0.1, 0.15) is 12.5 Å². The third-order valence-corrected chi connectivity index (χ3v) is 3.80. The molecule has 0 aliphatic carbocycles. The number of anilines is 3. The predicted molar refractivity (Wildman–Crippen MR) is 121 cm³/mol. The molecule has 7 nitrogen and oxygen atoms in total. The Bertz CT molecular complexity index is 862. The molecule has 3 rings (SSSR count). The van der Waals surface area contributed by atoms with E-state index >= 15 is 0 Å². The maximum atomic E-state index is 11.6. The Morgan fingerprint density at radius 1 is 1.31 bits per heavy atom. The highest BCUT2D eigenvalue weighted by atomic mass is 35.6. The second-order valence-corrected chi connectivity index (χ2v) is 8.07. The Morgan fingerprint density at radius 3 is 2.59 bits per heavy atom. The number of aromatic nitrogens is 1. The molecule has 2 heterocycles. The highest BCUT2D eigenvalue weighted by Crippen LogP contribution is 2.37. The van der Waals surface area contributed by atoms with Crippen LogP contribution in [0.25, 0.3) is 0 Å². The number of halogens is 4. The lowest BCUT2D eigenvalue weighted by Gasteiger charge is -2.25. The van der Waals surface area contributed by atoms with E-state index in [-0.39, 0.29) is 30.2 Å². The van der Waals surface area contributed by atoms with Crippen LogP contribution >= 0.6 is 46.4 Å². The van der Waals surface area contributed by atoms with Gasteiger partial charge in [-0.1, -0.05) is 65.1 Å². The van der Waals surface area contributed by atoms with Gasteiger partial charge in [-0.05, 0) is 12.5 Å².